The van der Waals surface area contributed by atoms with Crippen LogP contribution in [-0.4, -0.2) is 16.0 Å². The monoisotopic (exact) mass is 335 g/mol. The van der Waals surface area contributed by atoms with Crippen molar-refractivity contribution in [3.05, 3.63) is 59.7 Å². The molecule has 1 aromatic heterocycles. The highest BCUT2D eigenvalue weighted by atomic mass is 32.2. The van der Waals surface area contributed by atoms with E-state index in [0.717, 1.165) is 26.7 Å². The number of Topliss-reactive ketones (excluding diaryl/α,β-unsaturated/α-hetero) is 1. The van der Waals surface area contributed by atoms with Gasteiger partial charge in [0, 0.05) is 5.56 Å². The highest BCUT2D eigenvalue weighted by Crippen LogP contribution is 2.33. The molecule has 0 spiro atoms. The second-order valence-corrected chi connectivity index (χ2v) is 7.32. The molecule has 0 fully saturated rings. The highest BCUT2D eigenvalue weighted by molar-refractivity contribution is 8.02. The van der Waals surface area contributed by atoms with E-state index in [1.165, 1.54) is 29.2 Å². The lowest BCUT2D eigenvalue weighted by atomic mass is 10.1. The normalized spacial score (nSPS) is 12.5. The SMILES string of the molecule is C[C@@H](Sc1nc2ccccc2s1)C(=O)c1ccc(F)c(F)c1. The van der Waals surface area contributed by atoms with Gasteiger partial charge in [0.1, 0.15) is 0 Å². The zero-order chi connectivity index (χ0) is 15.7. The average Bonchev–Trinajstić information content (AvgIpc) is 2.91. The molecule has 0 unspecified atom stereocenters. The van der Waals surface area contributed by atoms with Crippen LogP contribution < -0.4 is 0 Å². The van der Waals surface area contributed by atoms with Gasteiger partial charge in [-0.25, -0.2) is 13.8 Å². The first-order chi connectivity index (χ1) is 10.5. The van der Waals surface area contributed by atoms with E-state index in [2.05, 4.69) is 4.98 Å². The van der Waals surface area contributed by atoms with Gasteiger partial charge < -0.3 is 0 Å². The predicted molar refractivity (Wildman–Crippen MR) is 85.6 cm³/mol. The Labute approximate surface area is 134 Å². The Morgan fingerprint density at radius 2 is 1.95 bits per heavy atom. The van der Waals surface area contributed by atoms with Gasteiger partial charge in [-0.05, 0) is 37.3 Å². The molecular weight excluding hydrogens is 324 g/mol. The van der Waals surface area contributed by atoms with Crippen LogP contribution in [0.15, 0.2) is 46.8 Å². The van der Waals surface area contributed by atoms with Crippen molar-refractivity contribution in [2.24, 2.45) is 0 Å². The van der Waals surface area contributed by atoms with Crippen molar-refractivity contribution in [3.63, 3.8) is 0 Å². The van der Waals surface area contributed by atoms with E-state index < -0.39 is 16.9 Å². The maximum atomic E-state index is 13.2. The molecule has 1 heterocycles. The number of fused-ring (bicyclic) bond motifs is 1. The minimum atomic E-state index is -1.01. The zero-order valence-electron chi connectivity index (χ0n) is 11.5. The van der Waals surface area contributed by atoms with Gasteiger partial charge in [-0.2, -0.15) is 0 Å². The molecule has 2 aromatic carbocycles. The second-order valence-electron chi connectivity index (χ2n) is 4.70. The molecule has 0 N–H and O–H groups in total. The Hall–Kier alpha value is -1.79. The van der Waals surface area contributed by atoms with Crippen molar-refractivity contribution in [1.29, 1.82) is 0 Å². The molecule has 0 radical (unpaired) electrons. The third-order valence-corrected chi connectivity index (χ3v) is 5.36. The number of hydrogen-bond donors (Lipinski definition) is 0. The van der Waals surface area contributed by atoms with Crippen molar-refractivity contribution in [1.82, 2.24) is 4.98 Å². The molecule has 0 bridgehead atoms. The molecule has 6 heteroatoms. The molecular formula is C16H11F2NOS2. The van der Waals surface area contributed by atoms with Gasteiger partial charge in [0.25, 0.3) is 0 Å². The highest BCUT2D eigenvalue weighted by Gasteiger charge is 2.19. The quantitative estimate of drug-likeness (QED) is 0.500. The largest absolute Gasteiger partial charge is 0.293 e. The maximum absolute atomic E-state index is 13.2. The van der Waals surface area contributed by atoms with Crippen LogP contribution in [0.3, 0.4) is 0 Å². The summed E-state index contributed by atoms with van der Waals surface area (Å²) in [6.45, 7) is 1.74. The van der Waals surface area contributed by atoms with Crippen molar-refractivity contribution >= 4 is 39.1 Å². The first-order valence-corrected chi connectivity index (χ1v) is 8.25. The molecule has 3 rings (SSSR count). The summed E-state index contributed by atoms with van der Waals surface area (Å²) < 4.78 is 28.0. The van der Waals surface area contributed by atoms with Crippen molar-refractivity contribution in [2.75, 3.05) is 0 Å². The van der Waals surface area contributed by atoms with E-state index in [1.807, 2.05) is 24.3 Å². The Morgan fingerprint density at radius 3 is 2.68 bits per heavy atom. The van der Waals surface area contributed by atoms with E-state index in [0.29, 0.717) is 0 Å². The van der Waals surface area contributed by atoms with Gasteiger partial charge in [-0.1, -0.05) is 23.9 Å². The summed E-state index contributed by atoms with van der Waals surface area (Å²) in [7, 11) is 0. The average molecular weight is 335 g/mol. The van der Waals surface area contributed by atoms with Gasteiger partial charge in [-0.15, -0.1) is 11.3 Å². The molecule has 3 aromatic rings. The lowest BCUT2D eigenvalue weighted by molar-refractivity contribution is 0.0993. The van der Waals surface area contributed by atoms with Gasteiger partial charge in [0.05, 0.1) is 15.5 Å². The van der Waals surface area contributed by atoms with E-state index in [1.54, 1.807) is 6.92 Å². The van der Waals surface area contributed by atoms with Crippen LogP contribution in [-0.2, 0) is 0 Å². The number of carbonyl (C=O) groups excluding carboxylic acids is 1. The van der Waals surface area contributed by atoms with Crippen LogP contribution >= 0.6 is 23.1 Å². The molecule has 2 nitrogen and oxygen atoms in total. The Balaban J connectivity index is 1.79. The summed E-state index contributed by atoms with van der Waals surface area (Å²) in [5.74, 6) is -2.21. The van der Waals surface area contributed by atoms with E-state index in [9.17, 15) is 13.6 Å². The molecule has 1 atom stereocenters. The molecule has 0 aliphatic carbocycles. The third-order valence-electron chi connectivity index (χ3n) is 3.13. The van der Waals surface area contributed by atoms with Gasteiger partial charge in [0.2, 0.25) is 0 Å². The first-order valence-electron chi connectivity index (χ1n) is 6.56. The third kappa shape index (κ3) is 3.03. The fourth-order valence-electron chi connectivity index (χ4n) is 1.99. The Bertz CT molecular complexity index is 814. The summed E-state index contributed by atoms with van der Waals surface area (Å²) in [5.41, 5.74) is 1.06. The maximum Gasteiger partial charge on any atom is 0.176 e. The van der Waals surface area contributed by atoms with Crippen molar-refractivity contribution in [3.8, 4) is 0 Å². The van der Waals surface area contributed by atoms with E-state index in [4.69, 9.17) is 0 Å². The number of thioether (sulfide) groups is 1. The molecule has 22 heavy (non-hydrogen) atoms. The molecule has 0 aliphatic rings. The number of para-hydroxylation sites is 1. The number of halogens is 2. The van der Waals surface area contributed by atoms with Gasteiger partial charge in [-0.3, -0.25) is 4.79 Å². The topological polar surface area (TPSA) is 30.0 Å². The number of hydrogen-bond acceptors (Lipinski definition) is 4. The van der Waals surface area contributed by atoms with Crippen molar-refractivity contribution in [2.45, 2.75) is 16.5 Å². The minimum absolute atomic E-state index is 0.167. The number of rotatable bonds is 4. The van der Waals surface area contributed by atoms with E-state index >= 15 is 0 Å². The molecule has 0 saturated carbocycles. The molecule has 112 valence electrons. The first kappa shape index (κ1) is 15.1. The second kappa shape index (κ2) is 6.14. The lowest BCUT2D eigenvalue weighted by Gasteiger charge is -2.08. The Kier molecular flexibility index (Phi) is 4.22. The number of nitrogens with zero attached hydrogens (tertiary/aromatic N) is 1. The van der Waals surface area contributed by atoms with Crippen molar-refractivity contribution < 1.29 is 13.6 Å². The minimum Gasteiger partial charge on any atom is -0.293 e. The summed E-state index contributed by atoms with van der Waals surface area (Å²) >= 11 is 2.83. The van der Waals surface area contributed by atoms with Crippen LogP contribution in [0, 0.1) is 11.6 Å². The number of aromatic nitrogens is 1. The molecule has 0 amide bonds. The summed E-state index contributed by atoms with van der Waals surface area (Å²) in [4.78, 5) is 16.8. The predicted octanol–water partition coefficient (Wildman–Crippen LogP) is 4.94. The summed E-state index contributed by atoms with van der Waals surface area (Å²) in [6, 6.07) is 10.9. The zero-order valence-corrected chi connectivity index (χ0v) is 13.2. The summed E-state index contributed by atoms with van der Waals surface area (Å²) in [5, 5.41) is -0.426. The van der Waals surface area contributed by atoms with E-state index in [-0.39, 0.29) is 11.3 Å². The number of thiazole rings is 1. The summed E-state index contributed by atoms with van der Waals surface area (Å²) in [6.07, 6.45) is 0. The smallest absolute Gasteiger partial charge is 0.176 e. The number of carbonyl (C=O) groups is 1. The number of ketones is 1. The Morgan fingerprint density at radius 1 is 1.18 bits per heavy atom. The molecule has 0 saturated heterocycles. The van der Waals surface area contributed by atoms with Gasteiger partial charge in [0.15, 0.2) is 21.8 Å². The standard InChI is InChI=1S/C16H11F2NOS2/c1-9(15(20)10-6-7-11(17)12(18)8-10)21-16-19-13-4-2-3-5-14(13)22-16/h2-9H,1H3/t9-/m1/s1. The molecule has 0 aliphatic heterocycles. The van der Waals surface area contributed by atoms with Crippen LogP contribution in [0.1, 0.15) is 17.3 Å². The van der Waals surface area contributed by atoms with Gasteiger partial charge >= 0.3 is 0 Å². The van der Waals surface area contributed by atoms with Crippen LogP contribution in [0.2, 0.25) is 0 Å². The van der Waals surface area contributed by atoms with Crippen LogP contribution in [0.5, 0.6) is 0 Å². The fraction of sp³-hybridized carbons (Fsp3) is 0.125. The van der Waals surface area contributed by atoms with Crippen LogP contribution in [0.25, 0.3) is 10.2 Å². The lowest BCUT2D eigenvalue weighted by Crippen LogP contribution is -2.13. The fourth-order valence-corrected chi connectivity index (χ4v) is 4.28. The van der Waals surface area contributed by atoms with Crippen LogP contribution in [0.4, 0.5) is 8.78 Å². The number of benzene rings is 2.